The van der Waals surface area contributed by atoms with Crippen LogP contribution in [0, 0.1) is 0 Å². The summed E-state index contributed by atoms with van der Waals surface area (Å²) >= 11 is 3.40. The van der Waals surface area contributed by atoms with E-state index < -0.39 is 0 Å². The first kappa shape index (κ1) is 13.9. The van der Waals surface area contributed by atoms with Crippen LogP contribution in [-0.2, 0) is 6.42 Å². The van der Waals surface area contributed by atoms with Gasteiger partial charge in [0.1, 0.15) is 5.58 Å². The molecule has 0 atom stereocenters. The molecule has 3 aromatic rings. The molecule has 0 fully saturated rings. The molecule has 1 N–H and O–H groups in total. The van der Waals surface area contributed by atoms with Crippen LogP contribution in [0.25, 0.3) is 11.0 Å². The highest BCUT2D eigenvalue weighted by Gasteiger charge is 2.12. The average molecular weight is 344 g/mol. The van der Waals surface area contributed by atoms with Gasteiger partial charge in [-0.3, -0.25) is 4.79 Å². The topological polar surface area (TPSA) is 42.2 Å². The molecule has 0 aliphatic rings. The van der Waals surface area contributed by atoms with Gasteiger partial charge in [-0.1, -0.05) is 35.0 Å². The van der Waals surface area contributed by atoms with E-state index in [0.717, 1.165) is 22.0 Å². The molecular weight excluding hydrogens is 330 g/mol. The Kier molecular flexibility index (Phi) is 3.80. The van der Waals surface area contributed by atoms with Crippen LogP contribution in [0.4, 0.5) is 5.69 Å². The third-order valence-corrected chi connectivity index (χ3v) is 3.82. The molecule has 106 valence electrons. The summed E-state index contributed by atoms with van der Waals surface area (Å²) in [7, 11) is 0. The standard InChI is InChI=1S/C17H14BrNO2/c1-2-11-3-6-14(7-4-11)19-17(20)16-10-12-9-13(18)5-8-15(12)21-16/h3-10H,2H2,1H3,(H,19,20). The number of carbonyl (C=O) groups excluding carboxylic acids is 1. The number of halogens is 1. The van der Waals surface area contributed by atoms with Gasteiger partial charge in [-0.15, -0.1) is 0 Å². The molecule has 0 aliphatic carbocycles. The second-order valence-electron chi connectivity index (χ2n) is 4.80. The van der Waals surface area contributed by atoms with E-state index in [2.05, 4.69) is 28.2 Å². The van der Waals surface area contributed by atoms with Crippen molar-refractivity contribution in [2.24, 2.45) is 0 Å². The third-order valence-electron chi connectivity index (χ3n) is 3.32. The predicted molar refractivity (Wildman–Crippen MR) is 87.7 cm³/mol. The summed E-state index contributed by atoms with van der Waals surface area (Å²) in [4.78, 5) is 12.2. The van der Waals surface area contributed by atoms with E-state index in [1.807, 2.05) is 42.5 Å². The van der Waals surface area contributed by atoms with Gasteiger partial charge in [0.2, 0.25) is 0 Å². The zero-order chi connectivity index (χ0) is 14.8. The maximum atomic E-state index is 12.2. The highest BCUT2D eigenvalue weighted by molar-refractivity contribution is 9.10. The Morgan fingerprint density at radius 3 is 2.62 bits per heavy atom. The molecule has 0 unspecified atom stereocenters. The molecule has 1 aromatic heterocycles. The fourth-order valence-corrected chi connectivity index (χ4v) is 2.52. The van der Waals surface area contributed by atoms with Gasteiger partial charge in [-0.05, 0) is 48.4 Å². The number of anilines is 1. The van der Waals surface area contributed by atoms with Crippen molar-refractivity contribution in [3.63, 3.8) is 0 Å². The molecule has 3 rings (SSSR count). The monoisotopic (exact) mass is 343 g/mol. The van der Waals surface area contributed by atoms with Crippen molar-refractivity contribution >= 4 is 38.5 Å². The molecule has 0 aliphatic heterocycles. The molecule has 0 spiro atoms. The fraction of sp³-hybridized carbons (Fsp3) is 0.118. The van der Waals surface area contributed by atoms with E-state index in [1.54, 1.807) is 6.07 Å². The Hall–Kier alpha value is -2.07. The van der Waals surface area contributed by atoms with Crippen LogP contribution < -0.4 is 5.32 Å². The average Bonchev–Trinajstić information content (AvgIpc) is 2.91. The van der Waals surface area contributed by atoms with Crippen LogP contribution >= 0.6 is 15.9 Å². The molecule has 0 saturated heterocycles. The minimum absolute atomic E-state index is 0.244. The van der Waals surface area contributed by atoms with Gasteiger partial charge in [0.15, 0.2) is 5.76 Å². The number of carbonyl (C=O) groups is 1. The number of hydrogen-bond acceptors (Lipinski definition) is 2. The predicted octanol–water partition coefficient (Wildman–Crippen LogP) is 5.01. The van der Waals surface area contributed by atoms with Gasteiger partial charge in [0.05, 0.1) is 0 Å². The second kappa shape index (κ2) is 5.74. The van der Waals surface area contributed by atoms with Crippen LogP contribution in [0.1, 0.15) is 23.0 Å². The summed E-state index contributed by atoms with van der Waals surface area (Å²) < 4.78 is 6.53. The van der Waals surface area contributed by atoms with Crippen molar-refractivity contribution in [1.82, 2.24) is 0 Å². The van der Waals surface area contributed by atoms with Crippen molar-refractivity contribution in [3.05, 3.63) is 64.3 Å². The first-order valence-corrected chi connectivity index (χ1v) is 7.54. The van der Waals surface area contributed by atoms with E-state index in [-0.39, 0.29) is 5.91 Å². The van der Waals surface area contributed by atoms with E-state index in [1.165, 1.54) is 5.56 Å². The molecule has 21 heavy (non-hydrogen) atoms. The van der Waals surface area contributed by atoms with E-state index >= 15 is 0 Å². The number of amides is 1. The third kappa shape index (κ3) is 3.00. The minimum atomic E-state index is -0.244. The first-order valence-electron chi connectivity index (χ1n) is 6.75. The minimum Gasteiger partial charge on any atom is -0.451 e. The normalized spacial score (nSPS) is 10.8. The van der Waals surface area contributed by atoms with E-state index in [0.29, 0.717) is 11.3 Å². The number of nitrogens with one attached hydrogen (secondary N) is 1. The van der Waals surface area contributed by atoms with Crippen molar-refractivity contribution < 1.29 is 9.21 Å². The molecule has 1 amide bonds. The molecular formula is C17H14BrNO2. The highest BCUT2D eigenvalue weighted by Crippen LogP contribution is 2.24. The van der Waals surface area contributed by atoms with Crippen LogP contribution in [0.3, 0.4) is 0 Å². The zero-order valence-corrected chi connectivity index (χ0v) is 13.1. The maximum absolute atomic E-state index is 12.2. The number of rotatable bonds is 3. The lowest BCUT2D eigenvalue weighted by Gasteiger charge is -2.03. The smallest absolute Gasteiger partial charge is 0.291 e. The Balaban J connectivity index is 1.82. The summed E-state index contributed by atoms with van der Waals surface area (Å²) in [5.41, 5.74) is 2.70. The molecule has 1 heterocycles. The first-order chi connectivity index (χ1) is 10.2. The van der Waals surface area contributed by atoms with Crippen LogP contribution in [0.15, 0.2) is 57.4 Å². The Morgan fingerprint density at radius 2 is 1.90 bits per heavy atom. The lowest BCUT2D eigenvalue weighted by molar-refractivity contribution is 0.0998. The maximum Gasteiger partial charge on any atom is 0.291 e. The van der Waals surface area contributed by atoms with Gasteiger partial charge in [-0.25, -0.2) is 0 Å². The Morgan fingerprint density at radius 1 is 1.14 bits per heavy atom. The van der Waals surface area contributed by atoms with Gasteiger partial charge in [0, 0.05) is 15.5 Å². The van der Waals surface area contributed by atoms with E-state index in [9.17, 15) is 4.79 Å². The van der Waals surface area contributed by atoms with Crippen molar-refractivity contribution in [3.8, 4) is 0 Å². The number of hydrogen-bond donors (Lipinski definition) is 1. The van der Waals surface area contributed by atoms with Gasteiger partial charge >= 0.3 is 0 Å². The van der Waals surface area contributed by atoms with Gasteiger partial charge < -0.3 is 9.73 Å². The van der Waals surface area contributed by atoms with E-state index in [4.69, 9.17) is 4.42 Å². The summed E-state index contributed by atoms with van der Waals surface area (Å²) in [6.45, 7) is 2.10. The second-order valence-corrected chi connectivity index (χ2v) is 5.71. The Bertz CT molecular complexity index is 790. The van der Waals surface area contributed by atoms with Crippen molar-refractivity contribution in [2.75, 3.05) is 5.32 Å². The van der Waals surface area contributed by atoms with Gasteiger partial charge in [-0.2, -0.15) is 0 Å². The molecule has 3 nitrogen and oxygen atoms in total. The van der Waals surface area contributed by atoms with Crippen LogP contribution in [0.2, 0.25) is 0 Å². The number of benzene rings is 2. The molecule has 2 aromatic carbocycles. The van der Waals surface area contributed by atoms with Crippen molar-refractivity contribution in [2.45, 2.75) is 13.3 Å². The molecule has 0 bridgehead atoms. The molecule has 4 heteroatoms. The quantitative estimate of drug-likeness (QED) is 0.726. The summed E-state index contributed by atoms with van der Waals surface area (Å²) in [5, 5.41) is 3.74. The molecule has 0 saturated carbocycles. The Labute approximate surface area is 131 Å². The summed E-state index contributed by atoms with van der Waals surface area (Å²) in [5.74, 6) is 0.0641. The van der Waals surface area contributed by atoms with Gasteiger partial charge in [0.25, 0.3) is 5.91 Å². The number of aryl methyl sites for hydroxylation is 1. The lowest BCUT2D eigenvalue weighted by atomic mass is 10.1. The highest BCUT2D eigenvalue weighted by atomic mass is 79.9. The summed E-state index contributed by atoms with van der Waals surface area (Å²) in [6, 6.07) is 15.2. The SMILES string of the molecule is CCc1ccc(NC(=O)c2cc3cc(Br)ccc3o2)cc1. The largest absolute Gasteiger partial charge is 0.451 e. The summed E-state index contributed by atoms with van der Waals surface area (Å²) in [6.07, 6.45) is 0.979. The van der Waals surface area contributed by atoms with Crippen molar-refractivity contribution in [1.29, 1.82) is 0 Å². The lowest BCUT2D eigenvalue weighted by Crippen LogP contribution is -2.10. The number of fused-ring (bicyclic) bond motifs is 1. The molecule has 0 radical (unpaired) electrons. The van der Waals surface area contributed by atoms with Crippen LogP contribution in [-0.4, -0.2) is 5.91 Å². The fourth-order valence-electron chi connectivity index (χ4n) is 2.14. The van der Waals surface area contributed by atoms with Crippen LogP contribution in [0.5, 0.6) is 0 Å². The zero-order valence-electron chi connectivity index (χ0n) is 11.5. The number of furan rings is 1.